The molecule has 96 valence electrons. The van der Waals surface area contributed by atoms with Crippen LogP contribution in [0.25, 0.3) is 0 Å². The van der Waals surface area contributed by atoms with Crippen LogP contribution in [-0.4, -0.2) is 20.4 Å². The molecule has 2 heterocycles. The van der Waals surface area contributed by atoms with Crippen molar-refractivity contribution in [1.82, 2.24) is 14.3 Å². The Kier molecular flexibility index (Phi) is 4.68. The molecule has 0 bridgehead atoms. The van der Waals surface area contributed by atoms with Gasteiger partial charge >= 0.3 is 0 Å². The average molecular weight is 280 g/mol. The Morgan fingerprint density at radius 3 is 2.67 bits per heavy atom. The zero-order valence-corrected chi connectivity index (χ0v) is 12.0. The summed E-state index contributed by atoms with van der Waals surface area (Å²) >= 11 is 3.12. The number of nitrogens with two attached hydrogens (primary N) is 1. The molecule has 2 aromatic rings. The molecule has 0 amide bonds. The lowest BCUT2D eigenvalue weighted by Gasteiger charge is -2.21. The number of aryl methyl sites for hydroxylation is 1. The van der Waals surface area contributed by atoms with Gasteiger partial charge in [-0.2, -0.15) is 4.37 Å². The van der Waals surface area contributed by atoms with Crippen LogP contribution >= 0.6 is 23.3 Å². The van der Waals surface area contributed by atoms with Crippen molar-refractivity contribution in [3.8, 4) is 0 Å². The van der Waals surface area contributed by atoms with Crippen LogP contribution in [0.2, 0.25) is 0 Å². The molecule has 2 unspecified atom stereocenters. The van der Waals surface area contributed by atoms with E-state index >= 15 is 0 Å². The Labute approximate surface area is 115 Å². The third kappa shape index (κ3) is 3.28. The molecule has 2 N–H and O–H groups in total. The van der Waals surface area contributed by atoms with Gasteiger partial charge in [0.2, 0.25) is 0 Å². The van der Waals surface area contributed by atoms with Crippen molar-refractivity contribution in [2.75, 3.05) is 0 Å². The molecule has 6 heteroatoms. The first-order chi connectivity index (χ1) is 8.70. The summed E-state index contributed by atoms with van der Waals surface area (Å²) in [5, 5.41) is 0.199. The van der Waals surface area contributed by atoms with Crippen molar-refractivity contribution in [3.05, 3.63) is 35.9 Å². The third-order valence-corrected chi connectivity index (χ3v) is 4.92. The number of hydrogen-bond acceptors (Lipinski definition) is 6. The monoisotopic (exact) mass is 280 g/mol. The minimum atomic E-state index is 0.0987. The highest BCUT2D eigenvalue weighted by atomic mass is 32.2. The predicted molar refractivity (Wildman–Crippen MR) is 75.7 cm³/mol. The summed E-state index contributed by atoms with van der Waals surface area (Å²) in [7, 11) is 0. The van der Waals surface area contributed by atoms with Crippen LogP contribution in [0.5, 0.6) is 0 Å². The molecule has 2 aromatic heterocycles. The average Bonchev–Trinajstić information content (AvgIpc) is 2.82. The number of hydrogen-bond donors (Lipinski definition) is 1. The molecule has 18 heavy (non-hydrogen) atoms. The van der Waals surface area contributed by atoms with E-state index in [0.29, 0.717) is 0 Å². The second kappa shape index (κ2) is 6.26. The molecule has 4 nitrogen and oxygen atoms in total. The van der Waals surface area contributed by atoms with Crippen molar-refractivity contribution in [3.63, 3.8) is 0 Å². The van der Waals surface area contributed by atoms with Gasteiger partial charge in [-0.25, -0.2) is 4.98 Å². The lowest BCUT2D eigenvalue weighted by atomic mass is 10.1. The SMILES string of the molecule is CCC(N)C(Sc1nc(C)ns1)c1ccncc1. The van der Waals surface area contributed by atoms with Gasteiger partial charge in [-0.1, -0.05) is 18.7 Å². The van der Waals surface area contributed by atoms with Gasteiger partial charge in [0.25, 0.3) is 0 Å². The molecule has 0 aliphatic rings. The van der Waals surface area contributed by atoms with Crippen molar-refractivity contribution >= 4 is 23.3 Å². The molecule has 0 aliphatic heterocycles. The summed E-state index contributed by atoms with van der Waals surface area (Å²) < 4.78 is 5.18. The Hall–Kier alpha value is -0.980. The number of aromatic nitrogens is 3. The van der Waals surface area contributed by atoms with E-state index in [1.54, 1.807) is 24.2 Å². The van der Waals surface area contributed by atoms with Crippen molar-refractivity contribution in [2.45, 2.75) is 35.9 Å². The first-order valence-electron chi connectivity index (χ1n) is 5.83. The fourth-order valence-corrected chi connectivity index (χ4v) is 3.69. The van der Waals surface area contributed by atoms with Gasteiger partial charge in [-0.05, 0) is 42.6 Å². The van der Waals surface area contributed by atoms with E-state index < -0.39 is 0 Å². The topological polar surface area (TPSA) is 64.7 Å². The summed E-state index contributed by atoms with van der Waals surface area (Å²) in [6.07, 6.45) is 4.53. The van der Waals surface area contributed by atoms with Crippen LogP contribution in [0.4, 0.5) is 0 Å². The predicted octanol–water partition coefficient (Wildman–Crippen LogP) is 2.81. The van der Waals surface area contributed by atoms with Crippen molar-refractivity contribution in [1.29, 1.82) is 0 Å². The zero-order chi connectivity index (χ0) is 13.0. The Bertz CT molecular complexity index is 486. The number of thioether (sulfide) groups is 1. The summed E-state index contributed by atoms with van der Waals surface area (Å²) in [6, 6.07) is 4.13. The van der Waals surface area contributed by atoms with E-state index in [-0.39, 0.29) is 11.3 Å². The van der Waals surface area contributed by atoms with Crippen LogP contribution < -0.4 is 5.73 Å². The standard InChI is InChI=1S/C12H16N4S2/c1-3-10(13)11(9-4-6-14-7-5-9)17-12-15-8(2)16-18-12/h4-7,10-11H,3,13H2,1-2H3. The van der Waals surface area contributed by atoms with E-state index in [0.717, 1.165) is 16.6 Å². The van der Waals surface area contributed by atoms with Gasteiger partial charge in [0.05, 0.1) is 5.25 Å². The molecule has 0 aliphatic carbocycles. The maximum atomic E-state index is 6.22. The summed E-state index contributed by atoms with van der Waals surface area (Å²) in [6.45, 7) is 4.01. The van der Waals surface area contributed by atoms with Gasteiger partial charge in [0.15, 0.2) is 4.34 Å². The molecule has 0 spiro atoms. The highest BCUT2D eigenvalue weighted by Crippen LogP contribution is 2.38. The minimum Gasteiger partial charge on any atom is -0.326 e. The Balaban J connectivity index is 2.21. The van der Waals surface area contributed by atoms with E-state index in [1.165, 1.54) is 17.1 Å². The second-order valence-corrected chi connectivity index (χ2v) is 6.14. The Morgan fingerprint density at radius 1 is 1.39 bits per heavy atom. The molecule has 0 saturated heterocycles. The quantitative estimate of drug-likeness (QED) is 0.853. The normalized spacial score (nSPS) is 14.4. The Morgan fingerprint density at radius 2 is 2.11 bits per heavy atom. The van der Waals surface area contributed by atoms with Crippen molar-refractivity contribution in [2.24, 2.45) is 5.73 Å². The highest BCUT2D eigenvalue weighted by Gasteiger charge is 2.21. The third-order valence-electron chi connectivity index (χ3n) is 2.63. The van der Waals surface area contributed by atoms with Crippen LogP contribution in [0.1, 0.15) is 30.0 Å². The van der Waals surface area contributed by atoms with Gasteiger partial charge in [-0.15, -0.1) is 0 Å². The number of pyridine rings is 1. The lowest BCUT2D eigenvalue weighted by Crippen LogP contribution is -2.25. The van der Waals surface area contributed by atoms with Crippen molar-refractivity contribution < 1.29 is 0 Å². The number of rotatable bonds is 5. The van der Waals surface area contributed by atoms with Crippen LogP contribution in [0, 0.1) is 6.92 Å². The van der Waals surface area contributed by atoms with E-state index in [9.17, 15) is 0 Å². The number of nitrogens with zero attached hydrogens (tertiary/aromatic N) is 3. The summed E-state index contributed by atoms with van der Waals surface area (Å²) in [4.78, 5) is 8.44. The minimum absolute atomic E-state index is 0.0987. The zero-order valence-electron chi connectivity index (χ0n) is 10.4. The molecule has 2 rings (SSSR count). The molecule has 2 atom stereocenters. The molecule has 0 aromatic carbocycles. The van der Waals surface area contributed by atoms with E-state index in [4.69, 9.17) is 5.73 Å². The van der Waals surface area contributed by atoms with Gasteiger partial charge in [-0.3, -0.25) is 4.98 Å². The van der Waals surface area contributed by atoms with Crippen LogP contribution in [0.15, 0.2) is 28.9 Å². The van der Waals surface area contributed by atoms with E-state index in [2.05, 4.69) is 21.3 Å². The van der Waals surface area contributed by atoms with Gasteiger partial charge < -0.3 is 5.73 Å². The smallest absolute Gasteiger partial charge is 0.170 e. The van der Waals surface area contributed by atoms with Crippen LogP contribution in [0.3, 0.4) is 0 Å². The molecule has 0 radical (unpaired) electrons. The van der Waals surface area contributed by atoms with Gasteiger partial charge in [0, 0.05) is 18.4 Å². The van der Waals surface area contributed by atoms with E-state index in [1.807, 2.05) is 19.1 Å². The lowest BCUT2D eigenvalue weighted by molar-refractivity contribution is 0.633. The second-order valence-electron chi connectivity index (χ2n) is 4.00. The largest absolute Gasteiger partial charge is 0.326 e. The van der Waals surface area contributed by atoms with Gasteiger partial charge in [0.1, 0.15) is 5.82 Å². The molecule has 0 saturated carbocycles. The molecular weight excluding hydrogens is 264 g/mol. The molecule has 0 fully saturated rings. The maximum absolute atomic E-state index is 6.22. The first kappa shape index (κ1) is 13.5. The fourth-order valence-electron chi connectivity index (χ4n) is 1.60. The fraction of sp³-hybridized carbons (Fsp3) is 0.417. The van der Waals surface area contributed by atoms with Crippen LogP contribution in [-0.2, 0) is 0 Å². The first-order valence-corrected chi connectivity index (χ1v) is 7.48. The highest BCUT2D eigenvalue weighted by molar-refractivity contribution is 8.01. The molecular formula is C12H16N4S2. The maximum Gasteiger partial charge on any atom is 0.170 e. The summed E-state index contributed by atoms with van der Waals surface area (Å²) in [5.41, 5.74) is 7.41. The summed E-state index contributed by atoms with van der Waals surface area (Å²) in [5.74, 6) is 0.820.